The number of fused-ring (bicyclic) bond motifs is 1. The number of aryl methyl sites for hydroxylation is 2. The van der Waals surface area contributed by atoms with Crippen molar-refractivity contribution < 1.29 is 9.16 Å². The van der Waals surface area contributed by atoms with Crippen molar-refractivity contribution in [1.29, 1.82) is 5.26 Å². The molecule has 0 N–H and O–H groups in total. The smallest absolute Gasteiger partial charge is 0.184 e. The van der Waals surface area contributed by atoms with Crippen LogP contribution in [0.3, 0.4) is 0 Å². The molecule has 2 unspecified atom stereocenters. The van der Waals surface area contributed by atoms with E-state index in [-0.39, 0.29) is 12.0 Å². The quantitative estimate of drug-likeness (QED) is 0.790. The van der Waals surface area contributed by atoms with E-state index in [4.69, 9.17) is 9.16 Å². The maximum absolute atomic E-state index is 9.42. The van der Waals surface area contributed by atoms with Gasteiger partial charge in [0.1, 0.15) is 5.75 Å². The summed E-state index contributed by atoms with van der Waals surface area (Å²) in [5.74, 6) is 0.827. The predicted octanol–water partition coefficient (Wildman–Crippen LogP) is 3.98. The molecule has 0 radical (unpaired) electrons. The van der Waals surface area contributed by atoms with E-state index < -0.39 is 8.32 Å². The third-order valence-electron chi connectivity index (χ3n) is 3.70. The Morgan fingerprint density at radius 3 is 2.55 bits per heavy atom. The fraction of sp³-hybridized carbons (Fsp3) is 0.562. The van der Waals surface area contributed by atoms with Crippen molar-refractivity contribution in [3.05, 3.63) is 28.8 Å². The van der Waals surface area contributed by atoms with Crippen LogP contribution in [0, 0.1) is 24.2 Å². The second kappa shape index (κ2) is 5.59. The molecule has 0 aliphatic heterocycles. The minimum atomic E-state index is -1.70. The summed E-state index contributed by atoms with van der Waals surface area (Å²) >= 11 is 0. The Labute approximate surface area is 122 Å². The molecular weight excluding hydrogens is 266 g/mol. The Morgan fingerprint density at radius 2 is 2.00 bits per heavy atom. The van der Waals surface area contributed by atoms with Gasteiger partial charge in [-0.25, -0.2) is 0 Å². The number of hydrogen-bond donors (Lipinski definition) is 0. The van der Waals surface area contributed by atoms with Gasteiger partial charge < -0.3 is 9.16 Å². The Bertz CT molecular complexity index is 543. The van der Waals surface area contributed by atoms with Gasteiger partial charge in [-0.2, -0.15) is 5.26 Å². The topological polar surface area (TPSA) is 42.2 Å². The second-order valence-electron chi connectivity index (χ2n) is 6.45. The monoisotopic (exact) mass is 289 g/mol. The number of ether oxygens (including phenoxy) is 1. The number of nitriles is 1. The van der Waals surface area contributed by atoms with Crippen LogP contribution in [0.4, 0.5) is 0 Å². The van der Waals surface area contributed by atoms with E-state index >= 15 is 0 Å². The first-order chi connectivity index (χ1) is 9.35. The van der Waals surface area contributed by atoms with Gasteiger partial charge in [0.05, 0.1) is 25.2 Å². The van der Waals surface area contributed by atoms with E-state index in [1.807, 2.05) is 0 Å². The average molecular weight is 289 g/mol. The van der Waals surface area contributed by atoms with Crippen molar-refractivity contribution in [2.24, 2.45) is 5.92 Å². The van der Waals surface area contributed by atoms with Crippen molar-refractivity contribution >= 4 is 8.32 Å². The molecule has 3 nitrogen and oxygen atoms in total. The van der Waals surface area contributed by atoms with Crippen LogP contribution in [0.25, 0.3) is 0 Å². The van der Waals surface area contributed by atoms with Gasteiger partial charge in [-0.15, -0.1) is 0 Å². The van der Waals surface area contributed by atoms with Crippen LogP contribution in [0.2, 0.25) is 19.6 Å². The van der Waals surface area contributed by atoms with Crippen molar-refractivity contribution in [3.8, 4) is 11.8 Å². The summed E-state index contributed by atoms with van der Waals surface area (Å²) in [4.78, 5) is 0. The van der Waals surface area contributed by atoms with Crippen LogP contribution < -0.4 is 4.74 Å². The molecule has 0 aromatic heterocycles. The molecule has 0 bridgehead atoms. The first-order valence-corrected chi connectivity index (χ1v) is 10.5. The van der Waals surface area contributed by atoms with Gasteiger partial charge in [0.2, 0.25) is 0 Å². The van der Waals surface area contributed by atoms with Crippen molar-refractivity contribution in [1.82, 2.24) is 0 Å². The maximum Gasteiger partial charge on any atom is 0.184 e. The molecule has 1 aromatic carbocycles. The highest BCUT2D eigenvalue weighted by atomic mass is 28.4. The molecule has 20 heavy (non-hydrogen) atoms. The van der Waals surface area contributed by atoms with E-state index in [1.54, 1.807) is 7.11 Å². The number of hydrogen-bond acceptors (Lipinski definition) is 3. The van der Waals surface area contributed by atoms with E-state index in [2.05, 4.69) is 44.8 Å². The summed E-state index contributed by atoms with van der Waals surface area (Å²) in [7, 11) is -0.0161. The maximum atomic E-state index is 9.42. The molecular formula is C16H23NO2Si. The summed E-state index contributed by atoms with van der Waals surface area (Å²) in [6, 6.07) is 6.68. The lowest BCUT2D eigenvalue weighted by atomic mass is 9.81. The van der Waals surface area contributed by atoms with Gasteiger partial charge in [0.25, 0.3) is 0 Å². The van der Waals surface area contributed by atoms with Crippen LogP contribution in [0.15, 0.2) is 12.1 Å². The largest absolute Gasteiger partial charge is 0.496 e. The number of rotatable bonds is 3. The molecule has 0 saturated heterocycles. The molecule has 0 fully saturated rings. The molecule has 1 aromatic rings. The molecule has 4 heteroatoms. The van der Waals surface area contributed by atoms with Crippen LogP contribution >= 0.6 is 0 Å². The normalized spacial score (nSPS) is 22.0. The average Bonchev–Trinajstić information content (AvgIpc) is 2.36. The van der Waals surface area contributed by atoms with Crippen LogP contribution in [-0.2, 0) is 10.8 Å². The van der Waals surface area contributed by atoms with Crippen molar-refractivity contribution in [2.75, 3.05) is 7.11 Å². The lowest BCUT2D eigenvalue weighted by molar-refractivity contribution is 0.140. The summed E-state index contributed by atoms with van der Waals surface area (Å²) in [6.45, 7) is 8.56. The van der Waals surface area contributed by atoms with E-state index in [1.165, 1.54) is 5.56 Å². The summed E-state index contributed by atoms with van der Waals surface area (Å²) in [5, 5.41) is 9.42. The third kappa shape index (κ3) is 3.05. The molecule has 1 aliphatic carbocycles. The summed E-state index contributed by atoms with van der Waals surface area (Å²) in [5.41, 5.74) is 3.60. The second-order valence-corrected chi connectivity index (χ2v) is 10.9. The highest BCUT2D eigenvalue weighted by Crippen LogP contribution is 2.41. The van der Waals surface area contributed by atoms with Crippen molar-refractivity contribution in [3.63, 3.8) is 0 Å². The lowest BCUT2D eigenvalue weighted by Crippen LogP contribution is -2.33. The predicted molar refractivity (Wildman–Crippen MR) is 82.3 cm³/mol. The third-order valence-corrected chi connectivity index (χ3v) is 4.66. The molecule has 108 valence electrons. The summed E-state index contributed by atoms with van der Waals surface area (Å²) < 4.78 is 11.7. The Balaban J connectivity index is 2.47. The SMILES string of the molecule is COc1cc2c(cc1C)CCC(C#N)C2O[Si](C)(C)C. The van der Waals surface area contributed by atoms with Gasteiger partial charge >= 0.3 is 0 Å². The Kier molecular flexibility index (Phi) is 4.21. The molecule has 1 aliphatic rings. The van der Waals surface area contributed by atoms with Gasteiger partial charge in [0.15, 0.2) is 8.32 Å². The molecule has 2 atom stereocenters. The molecule has 2 rings (SSSR count). The zero-order valence-corrected chi connectivity index (χ0v) is 14.0. The number of methoxy groups -OCH3 is 1. The number of nitrogens with zero attached hydrogens (tertiary/aromatic N) is 1. The standard InChI is InChI=1S/C16H23NO2Si/c1-11-8-12-6-7-13(10-17)16(19-20(3,4)5)14(12)9-15(11)18-2/h8-9,13,16H,6-7H2,1-5H3. The molecule has 0 amide bonds. The molecule has 0 heterocycles. The Hall–Kier alpha value is -1.31. The fourth-order valence-corrected chi connectivity index (χ4v) is 3.86. The number of benzene rings is 1. The van der Waals surface area contributed by atoms with Crippen LogP contribution in [0.5, 0.6) is 5.75 Å². The van der Waals surface area contributed by atoms with Crippen molar-refractivity contribution in [2.45, 2.75) is 45.5 Å². The van der Waals surface area contributed by atoms with E-state index in [9.17, 15) is 5.26 Å². The zero-order chi connectivity index (χ0) is 14.9. The summed E-state index contributed by atoms with van der Waals surface area (Å²) in [6.07, 6.45) is 1.72. The minimum absolute atomic E-state index is 0.0540. The Morgan fingerprint density at radius 1 is 1.30 bits per heavy atom. The lowest BCUT2D eigenvalue weighted by Gasteiger charge is -2.35. The molecule has 0 spiro atoms. The fourth-order valence-electron chi connectivity index (χ4n) is 2.80. The van der Waals surface area contributed by atoms with Crippen LogP contribution in [0.1, 0.15) is 29.2 Å². The first kappa shape index (κ1) is 15.1. The van der Waals surface area contributed by atoms with Gasteiger partial charge in [-0.3, -0.25) is 0 Å². The van der Waals surface area contributed by atoms with E-state index in [0.29, 0.717) is 0 Å². The van der Waals surface area contributed by atoms with Gasteiger partial charge in [-0.05, 0) is 62.2 Å². The molecule has 0 saturated carbocycles. The minimum Gasteiger partial charge on any atom is -0.496 e. The first-order valence-electron chi connectivity index (χ1n) is 7.10. The highest BCUT2D eigenvalue weighted by molar-refractivity contribution is 6.69. The van der Waals surface area contributed by atoms with Crippen LogP contribution in [-0.4, -0.2) is 15.4 Å². The van der Waals surface area contributed by atoms with E-state index in [0.717, 1.165) is 29.7 Å². The van der Waals surface area contributed by atoms with Gasteiger partial charge in [0, 0.05) is 0 Å². The highest BCUT2D eigenvalue weighted by Gasteiger charge is 2.34. The zero-order valence-electron chi connectivity index (χ0n) is 13.0. The van der Waals surface area contributed by atoms with Gasteiger partial charge in [-0.1, -0.05) is 6.07 Å².